The van der Waals surface area contributed by atoms with Crippen LogP contribution in [0.4, 0.5) is 14.6 Å². The minimum absolute atomic E-state index is 0.198. The summed E-state index contributed by atoms with van der Waals surface area (Å²) in [7, 11) is 0. The molecule has 0 radical (unpaired) electrons. The first-order valence-corrected chi connectivity index (χ1v) is 7.13. The van der Waals surface area contributed by atoms with Crippen LogP contribution in [0.25, 0.3) is 11.5 Å². The summed E-state index contributed by atoms with van der Waals surface area (Å²) < 4.78 is 26.4. The maximum Gasteiger partial charge on any atom is 0.181 e. The molecule has 0 aliphatic carbocycles. The van der Waals surface area contributed by atoms with Crippen LogP contribution in [-0.2, 0) is 6.54 Å². The highest BCUT2D eigenvalue weighted by Gasteiger charge is 2.07. The van der Waals surface area contributed by atoms with Gasteiger partial charge in [0.2, 0.25) is 0 Å². The summed E-state index contributed by atoms with van der Waals surface area (Å²) in [4.78, 5) is 12.6. The first kappa shape index (κ1) is 15.3. The Labute approximate surface area is 136 Å². The van der Waals surface area contributed by atoms with Gasteiger partial charge in [-0.25, -0.2) is 18.7 Å². The summed E-state index contributed by atoms with van der Waals surface area (Å²) in [5.74, 6) is -0.449. The van der Waals surface area contributed by atoms with Gasteiger partial charge in [-0.3, -0.25) is 4.98 Å². The standard InChI is InChI=1S/C16H11ClF2N4/c17-14-8-15(21-9-10-5-11(18)7-12(19)6-10)23-16(22-14)13-3-1-2-4-20-13/h1-8H,9H2,(H,21,22,23). The SMILES string of the molecule is Fc1cc(F)cc(CNc2cc(Cl)nc(-c3ccccn3)n2)c1. The molecule has 7 heteroatoms. The monoisotopic (exact) mass is 332 g/mol. The van der Waals surface area contributed by atoms with E-state index in [9.17, 15) is 8.78 Å². The summed E-state index contributed by atoms with van der Waals surface area (Å²) in [6.45, 7) is 0.198. The zero-order chi connectivity index (χ0) is 16.2. The van der Waals surface area contributed by atoms with Crippen molar-refractivity contribution in [2.75, 3.05) is 5.32 Å². The lowest BCUT2D eigenvalue weighted by molar-refractivity contribution is 0.580. The van der Waals surface area contributed by atoms with E-state index in [1.54, 1.807) is 18.3 Å². The van der Waals surface area contributed by atoms with Crippen molar-refractivity contribution < 1.29 is 8.78 Å². The second-order valence-corrected chi connectivity index (χ2v) is 5.13. The topological polar surface area (TPSA) is 50.7 Å². The van der Waals surface area contributed by atoms with Crippen molar-refractivity contribution in [1.82, 2.24) is 15.0 Å². The molecule has 0 aliphatic heterocycles. The zero-order valence-corrected chi connectivity index (χ0v) is 12.6. The number of hydrogen-bond acceptors (Lipinski definition) is 4. The quantitative estimate of drug-likeness (QED) is 0.731. The lowest BCUT2D eigenvalue weighted by Crippen LogP contribution is -2.04. The predicted molar refractivity (Wildman–Crippen MR) is 84.0 cm³/mol. The van der Waals surface area contributed by atoms with Crippen LogP contribution in [-0.4, -0.2) is 15.0 Å². The van der Waals surface area contributed by atoms with Gasteiger partial charge in [0.05, 0.1) is 0 Å². The molecule has 0 saturated carbocycles. The predicted octanol–water partition coefficient (Wildman–Crippen LogP) is 4.08. The minimum atomic E-state index is -0.628. The molecule has 1 N–H and O–H groups in total. The number of rotatable bonds is 4. The number of benzene rings is 1. The Morgan fingerprint density at radius 1 is 1.00 bits per heavy atom. The van der Waals surface area contributed by atoms with Gasteiger partial charge in [-0.1, -0.05) is 17.7 Å². The third-order valence-corrected chi connectivity index (χ3v) is 3.18. The second kappa shape index (κ2) is 6.66. The van der Waals surface area contributed by atoms with Crippen molar-refractivity contribution >= 4 is 17.4 Å². The lowest BCUT2D eigenvalue weighted by atomic mass is 10.2. The molecule has 23 heavy (non-hydrogen) atoms. The molecular formula is C16H11ClF2N4. The fourth-order valence-electron chi connectivity index (χ4n) is 2.02. The van der Waals surface area contributed by atoms with Gasteiger partial charge in [-0.05, 0) is 29.8 Å². The molecule has 3 rings (SSSR count). The summed E-state index contributed by atoms with van der Waals surface area (Å²) in [6, 6.07) is 10.2. The Morgan fingerprint density at radius 2 is 1.78 bits per heavy atom. The van der Waals surface area contributed by atoms with Gasteiger partial charge in [0.1, 0.15) is 28.3 Å². The van der Waals surface area contributed by atoms with Crippen molar-refractivity contribution in [3.63, 3.8) is 0 Å². The van der Waals surface area contributed by atoms with Gasteiger partial charge in [0, 0.05) is 24.9 Å². The van der Waals surface area contributed by atoms with Gasteiger partial charge in [-0.2, -0.15) is 0 Å². The van der Waals surface area contributed by atoms with E-state index in [2.05, 4.69) is 20.3 Å². The molecular weight excluding hydrogens is 322 g/mol. The molecule has 0 aliphatic rings. The first-order valence-electron chi connectivity index (χ1n) is 6.75. The van der Waals surface area contributed by atoms with Crippen LogP contribution in [0.2, 0.25) is 5.15 Å². The van der Waals surface area contributed by atoms with Crippen molar-refractivity contribution in [2.45, 2.75) is 6.54 Å². The maximum atomic E-state index is 13.2. The fraction of sp³-hybridized carbons (Fsp3) is 0.0625. The molecule has 1 aromatic carbocycles. The van der Waals surface area contributed by atoms with Crippen molar-refractivity contribution in [2.24, 2.45) is 0 Å². The average Bonchev–Trinajstić information content (AvgIpc) is 2.52. The molecule has 0 amide bonds. The van der Waals surface area contributed by atoms with Crippen LogP contribution in [0, 0.1) is 11.6 Å². The molecule has 3 aromatic rings. The number of nitrogens with one attached hydrogen (secondary N) is 1. The van der Waals surface area contributed by atoms with Crippen molar-refractivity contribution in [1.29, 1.82) is 0 Å². The van der Waals surface area contributed by atoms with Gasteiger partial charge in [0.25, 0.3) is 0 Å². The number of hydrogen-bond donors (Lipinski definition) is 1. The Kier molecular flexibility index (Phi) is 4.43. The van der Waals surface area contributed by atoms with E-state index in [1.807, 2.05) is 6.07 Å². The van der Waals surface area contributed by atoms with Crippen LogP contribution in [0.15, 0.2) is 48.7 Å². The van der Waals surface area contributed by atoms with Crippen LogP contribution >= 0.6 is 11.6 Å². The Balaban J connectivity index is 1.82. The molecule has 0 saturated heterocycles. The van der Waals surface area contributed by atoms with E-state index >= 15 is 0 Å². The van der Waals surface area contributed by atoms with E-state index in [4.69, 9.17) is 11.6 Å². The van der Waals surface area contributed by atoms with Gasteiger partial charge in [0.15, 0.2) is 5.82 Å². The Morgan fingerprint density at radius 3 is 2.48 bits per heavy atom. The molecule has 0 bridgehead atoms. The number of halogens is 3. The second-order valence-electron chi connectivity index (χ2n) is 4.75. The highest BCUT2D eigenvalue weighted by Crippen LogP contribution is 2.19. The van der Waals surface area contributed by atoms with E-state index in [0.717, 1.165) is 6.07 Å². The van der Waals surface area contributed by atoms with Crippen LogP contribution in [0.1, 0.15) is 5.56 Å². The van der Waals surface area contributed by atoms with E-state index < -0.39 is 11.6 Å². The molecule has 0 unspecified atom stereocenters. The number of anilines is 1. The number of aromatic nitrogens is 3. The van der Waals surface area contributed by atoms with Crippen molar-refractivity contribution in [3.8, 4) is 11.5 Å². The van der Waals surface area contributed by atoms with Crippen LogP contribution in [0.5, 0.6) is 0 Å². The third-order valence-electron chi connectivity index (χ3n) is 2.98. The van der Waals surface area contributed by atoms with E-state index in [-0.39, 0.29) is 11.7 Å². The Hall–Kier alpha value is -2.60. The molecule has 4 nitrogen and oxygen atoms in total. The maximum absolute atomic E-state index is 13.2. The molecule has 0 atom stereocenters. The average molecular weight is 333 g/mol. The first-order chi connectivity index (χ1) is 11.1. The highest BCUT2D eigenvalue weighted by atomic mass is 35.5. The minimum Gasteiger partial charge on any atom is -0.366 e. The summed E-state index contributed by atoms with van der Waals surface area (Å²) in [5, 5.41) is 3.21. The summed E-state index contributed by atoms with van der Waals surface area (Å²) in [6.07, 6.45) is 1.63. The molecule has 0 fully saturated rings. The molecule has 116 valence electrons. The molecule has 0 spiro atoms. The third kappa shape index (κ3) is 3.98. The summed E-state index contributed by atoms with van der Waals surface area (Å²) >= 11 is 5.99. The van der Waals surface area contributed by atoms with E-state index in [1.165, 1.54) is 18.2 Å². The van der Waals surface area contributed by atoms with E-state index in [0.29, 0.717) is 22.9 Å². The normalized spacial score (nSPS) is 10.6. The zero-order valence-electron chi connectivity index (χ0n) is 11.8. The van der Waals surface area contributed by atoms with Crippen molar-refractivity contribution in [3.05, 3.63) is 71.0 Å². The molecule has 2 heterocycles. The smallest absolute Gasteiger partial charge is 0.181 e. The fourth-order valence-corrected chi connectivity index (χ4v) is 2.21. The van der Waals surface area contributed by atoms with Crippen LogP contribution < -0.4 is 5.32 Å². The van der Waals surface area contributed by atoms with Crippen LogP contribution in [0.3, 0.4) is 0 Å². The highest BCUT2D eigenvalue weighted by molar-refractivity contribution is 6.29. The van der Waals surface area contributed by atoms with Gasteiger partial charge < -0.3 is 5.32 Å². The lowest BCUT2D eigenvalue weighted by Gasteiger charge is -2.08. The number of nitrogens with zero attached hydrogens (tertiary/aromatic N) is 3. The van der Waals surface area contributed by atoms with Gasteiger partial charge >= 0.3 is 0 Å². The molecule has 2 aromatic heterocycles. The number of pyridine rings is 1. The largest absolute Gasteiger partial charge is 0.366 e. The summed E-state index contributed by atoms with van der Waals surface area (Å²) in [5.41, 5.74) is 1.03. The Bertz CT molecular complexity index is 807. The van der Waals surface area contributed by atoms with Gasteiger partial charge in [-0.15, -0.1) is 0 Å².